The van der Waals surface area contributed by atoms with E-state index >= 15 is 0 Å². The Morgan fingerprint density at radius 2 is 1.52 bits per heavy atom. The van der Waals surface area contributed by atoms with Gasteiger partial charge in [0.15, 0.2) is 8.32 Å². The summed E-state index contributed by atoms with van der Waals surface area (Å²) in [5.74, 6) is 0.576. The lowest BCUT2D eigenvalue weighted by Gasteiger charge is -2.36. The van der Waals surface area contributed by atoms with Crippen molar-refractivity contribution in [2.45, 2.75) is 118 Å². The van der Waals surface area contributed by atoms with Crippen LogP contribution in [-0.4, -0.2) is 80.8 Å². The normalized spacial score (nSPS) is 13.1. The van der Waals surface area contributed by atoms with Crippen molar-refractivity contribution in [2.75, 3.05) is 30.3 Å². The largest absolute Gasteiger partial charge is 0.492 e. The molecule has 15 heteroatoms. The summed E-state index contributed by atoms with van der Waals surface area (Å²) in [7, 11) is -6.42. The Bertz CT molecular complexity index is 2120. The summed E-state index contributed by atoms with van der Waals surface area (Å²) in [6, 6.07) is 23.4. The molecule has 0 unspecified atom stereocenters. The zero-order valence-corrected chi connectivity index (χ0v) is 38.5. The number of amides is 1. The van der Waals surface area contributed by atoms with E-state index in [0.29, 0.717) is 53.8 Å². The summed E-state index contributed by atoms with van der Waals surface area (Å²) in [6.07, 6.45) is -0.531. The molecule has 0 aliphatic heterocycles. The Morgan fingerprint density at radius 1 is 0.879 bits per heavy atom. The summed E-state index contributed by atoms with van der Waals surface area (Å²) >= 11 is 6.67. The molecular formula is C43H61ClN4O8SSi. The zero-order valence-electron chi connectivity index (χ0n) is 35.9. The van der Waals surface area contributed by atoms with E-state index in [0.717, 1.165) is 41.0 Å². The van der Waals surface area contributed by atoms with Gasteiger partial charge in [-0.1, -0.05) is 75.7 Å². The van der Waals surface area contributed by atoms with Crippen LogP contribution in [0.25, 0.3) is 10.9 Å². The molecule has 58 heavy (non-hydrogen) atoms. The Kier molecular flexibility index (Phi) is 15.6. The predicted octanol–water partition coefficient (Wildman–Crippen LogP) is 10.4. The maximum atomic E-state index is 13.4. The summed E-state index contributed by atoms with van der Waals surface area (Å²) in [6.45, 7) is 20.7. The first-order chi connectivity index (χ1) is 27.1. The van der Waals surface area contributed by atoms with E-state index in [1.165, 1.54) is 4.68 Å². The van der Waals surface area contributed by atoms with Crippen LogP contribution in [0.3, 0.4) is 0 Å². The highest BCUT2D eigenvalue weighted by Gasteiger charge is 2.36. The number of hydrogen-bond acceptors (Lipinski definition) is 10. The van der Waals surface area contributed by atoms with Crippen molar-refractivity contribution in [3.05, 3.63) is 88.6 Å². The number of ether oxygens (including phenoxy) is 3. The van der Waals surface area contributed by atoms with Gasteiger partial charge in [-0.25, -0.2) is 18.0 Å². The first-order valence-corrected chi connectivity index (χ1v) is 24.7. The van der Waals surface area contributed by atoms with E-state index in [4.69, 9.17) is 30.2 Å². The van der Waals surface area contributed by atoms with Crippen LogP contribution in [0.5, 0.6) is 5.75 Å². The first-order valence-electron chi connectivity index (χ1n) is 20.0. The number of aryl methyl sites for hydroxylation is 1. The van der Waals surface area contributed by atoms with Gasteiger partial charge in [-0.3, -0.25) is 4.90 Å². The third kappa shape index (κ3) is 12.5. The topological polar surface area (TPSA) is 130 Å². The van der Waals surface area contributed by atoms with Gasteiger partial charge in [0, 0.05) is 31.1 Å². The molecule has 1 amide bonds. The van der Waals surface area contributed by atoms with Crippen molar-refractivity contribution in [3.8, 4) is 5.75 Å². The van der Waals surface area contributed by atoms with E-state index in [1.54, 1.807) is 32.9 Å². The SMILES string of the molecule is CCc1nn(C(=O)OC(C)(C)C)c2cc(OCCN(Cc3ccccc3)C[C@H](O[Si](CC)(CC)CC)c3ccc(Cl)c(N(C(=O)OC(C)(C)C)S(C)(=O)=O)c3)ccc12. The Morgan fingerprint density at radius 3 is 2.09 bits per heavy atom. The molecule has 0 radical (unpaired) electrons. The molecule has 0 aliphatic rings. The van der Waals surface area contributed by atoms with Crippen LogP contribution in [0, 0.1) is 0 Å². The molecule has 0 N–H and O–H groups in total. The average molecular weight is 858 g/mol. The molecule has 0 aliphatic carbocycles. The van der Waals surface area contributed by atoms with Gasteiger partial charge in [-0.05, 0) is 101 Å². The highest BCUT2D eigenvalue weighted by atomic mass is 35.5. The average Bonchev–Trinajstić information content (AvgIpc) is 3.51. The Hall–Kier alpha value is -3.95. The third-order valence-corrected chi connectivity index (χ3v) is 15.7. The summed E-state index contributed by atoms with van der Waals surface area (Å²) in [5, 5.41) is 5.49. The van der Waals surface area contributed by atoms with Gasteiger partial charge in [0.1, 0.15) is 23.6 Å². The monoisotopic (exact) mass is 856 g/mol. The zero-order chi connectivity index (χ0) is 43.1. The first kappa shape index (κ1) is 46.7. The highest BCUT2D eigenvalue weighted by Crippen LogP contribution is 2.37. The van der Waals surface area contributed by atoms with Crippen LogP contribution in [-0.2, 0) is 36.9 Å². The number of benzene rings is 3. The van der Waals surface area contributed by atoms with Crippen molar-refractivity contribution in [1.29, 1.82) is 0 Å². The second kappa shape index (κ2) is 19.4. The molecule has 4 rings (SSSR count). The van der Waals surface area contributed by atoms with Crippen LogP contribution in [0.4, 0.5) is 15.3 Å². The summed E-state index contributed by atoms with van der Waals surface area (Å²) in [4.78, 5) is 28.8. The number of hydrogen-bond donors (Lipinski definition) is 0. The van der Waals surface area contributed by atoms with Gasteiger partial charge in [0.05, 0.1) is 34.3 Å². The van der Waals surface area contributed by atoms with Crippen molar-refractivity contribution in [3.63, 3.8) is 0 Å². The van der Waals surface area contributed by atoms with Gasteiger partial charge < -0.3 is 18.6 Å². The second-order valence-electron chi connectivity index (χ2n) is 16.5. The van der Waals surface area contributed by atoms with E-state index in [9.17, 15) is 18.0 Å². The minimum Gasteiger partial charge on any atom is -0.492 e. The van der Waals surface area contributed by atoms with Gasteiger partial charge in [-0.15, -0.1) is 0 Å². The fourth-order valence-electron chi connectivity index (χ4n) is 6.67. The lowest BCUT2D eigenvalue weighted by molar-refractivity contribution is 0.0520. The second-order valence-corrected chi connectivity index (χ2v) is 23.5. The molecule has 1 aromatic heterocycles. The van der Waals surface area contributed by atoms with Crippen molar-refractivity contribution >= 4 is 58.7 Å². The van der Waals surface area contributed by atoms with Gasteiger partial charge in [-0.2, -0.15) is 14.1 Å². The van der Waals surface area contributed by atoms with E-state index in [2.05, 4.69) is 42.9 Å². The maximum absolute atomic E-state index is 13.4. The molecule has 0 bridgehead atoms. The third-order valence-electron chi connectivity index (χ3n) is 9.76. The number of anilines is 1. The molecule has 1 heterocycles. The number of carbonyl (C=O) groups is 2. The molecule has 0 spiro atoms. The lowest BCUT2D eigenvalue weighted by Crippen LogP contribution is -2.42. The molecule has 4 aromatic rings. The van der Waals surface area contributed by atoms with Crippen LogP contribution >= 0.6 is 11.6 Å². The minimum atomic E-state index is -4.15. The molecule has 0 fully saturated rings. The van der Waals surface area contributed by atoms with Crippen molar-refractivity contribution < 1.29 is 36.6 Å². The summed E-state index contributed by atoms with van der Waals surface area (Å²) < 4.78 is 53.0. The van der Waals surface area contributed by atoms with Crippen LogP contribution < -0.4 is 9.04 Å². The Balaban J connectivity index is 1.72. The van der Waals surface area contributed by atoms with Crippen molar-refractivity contribution in [2.24, 2.45) is 0 Å². The van der Waals surface area contributed by atoms with Crippen LogP contribution in [0.2, 0.25) is 23.2 Å². The van der Waals surface area contributed by atoms with Gasteiger partial charge in [0.25, 0.3) is 0 Å². The minimum absolute atomic E-state index is 0.00790. The molecule has 3 aromatic carbocycles. The number of nitrogens with zero attached hydrogens (tertiary/aromatic N) is 4. The standard InChI is InChI=1S/C43H61ClN4O8SSi/c1-12-36-34-23-22-33(28-37(34)47(45-36)40(49)54-42(5,6)7)53-26-25-46(29-31-19-17-16-18-20-31)30-39(56-58(13-2,14-3)15-4)32-21-24-35(44)38(27-32)48(57(11,51)52)41(50)55-43(8,9)10/h16-24,27-28,39H,12-15,25-26,29-30H2,1-11H3/t39-/m0/s1. The van der Waals surface area contributed by atoms with Crippen LogP contribution in [0.1, 0.15) is 92.2 Å². The number of aromatic nitrogens is 2. The van der Waals surface area contributed by atoms with Gasteiger partial charge in [0.2, 0.25) is 10.0 Å². The molecule has 0 saturated carbocycles. The summed E-state index contributed by atoms with van der Waals surface area (Å²) in [5.41, 5.74) is 1.51. The number of rotatable bonds is 17. The molecule has 1 atom stereocenters. The highest BCUT2D eigenvalue weighted by molar-refractivity contribution is 7.92. The quantitative estimate of drug-likeness (QED) is 0.0946. The van der Waals surface area contributed by atoms with E-state index < -0.39 is 47.8 Å². The smallest absolute Gasteiger partial charge is 0.435 e. The fraction of sp³-hybridized carbons (Fsp3) is 0.512. The number of halogens is 1. The Labute approximate surface area is 350 Å². The van der Waals surface area contributed by atoms with Crippen LogP contribution in [0.15, 0.2) is 66.7 Å². The molecule has 0 saturated heterocycles. The lowest BCUT2D eigenvalue weighted by atomic mass is 10.1. The predicted molar refractivity (Wildman–Crippen MR) is 234 cm³/mol. The molecule has 318 valence electrons. The number of fused-ring (bicyclic) bond motifs is 1. The number of sulfonamides is 1. The van der Waals surface area contributed by atoms with Crippen molar-refractivity contribution in [1.82, 2.24) is 14.7 Å². The molecular weight excluding hydrogens is 796 g/mol. The van der Waals surface area contributed by atoms with E-state index in [-0.39, 0.29) is 10.7 Å². The van der Waals surface area contributed by atoms with Gasteiger partial charge >= 0.3 is 12.2 Å². The maximum Gasteiger partial charge on any atom is 0.435 e. The number of carbonyl (C=O) groups excluding carboxylic acids is 2. The van der Waals surface area contributed by atoms with E-state index in [1.807, 2.05) is 70.2 Å². The molecule has 12 nitrogen and oxygen atoms in total. The fourth-order valence-corrected chi connectivity index (χ4v) is 10.6.